The van der Waals surface area contributed by atoms with Crippen molar-refractivity contribution >= 4 is 23.2 Å². The maximum absolute atomic E-state index is 6.01. The van der Waals surface area contributed by atoms with Gasteiger partial charge in [-0.25, -0.2) is 9.97 Å². The number of nitrogens with zero attached hydrogens (tertiary/aromatic N) is 2. The molecule has 18 heavy (non-hydrogen) atoms. The molecular weight excluding hydrogens is 267 g/mol. The molecule has 4 heteroatoms. The predicted octanol–water partition coefficient (Wildman–Crippen LogP) is 4.65. The highest BCUT2D eigenvalue weighted by Crippen LogP contribution is 2.27. The van der Waals surface area contributed by atoms with Gasteiger partial charge in [-0.3, -0.25) is 0 Å². The van der Waals surface area contributed by atoms with Crippen molar-refractivity contribution in [3.8, 4) is 11.3 Å². The minimum atomic E-state index is 0.536. The van der Waals surface area contributed by atoms with E-state index in [1.54, 1.807) is 12.3 Å². The van der Waals surface area contributed by atoms with Gasteiger partial charge in [0, 0.05) is 18.2 Å². The number of halogens is 2. The molecule has 0 saturated heterocycles. The second-order valence-corrected chi connectivity index (χ2v) is 5.40. The van der Waals surface area contributed by atoms with Crippen LogP contribution in [0, 0.1) is 5.92 Å². The lowest BCUT2D eigenvalue weighted by Gasteiger charge is -2.06. The summed E-state index contributed by atoms with van der Waals surface area (Å²) in [6, 6.07) is 7.40. The summed E-state index contributed by atoms with van der Waals surface area (Å²) in [5.74, 6) is 1.39. The van der Waals surface area contributed by atoms with Crippen molar-refractivity contribution in [3.05, 3.63) is 46.3 Å². The molecule has 2 rings (SSSR count). The molecule has 2 aromatic rings. The average Bonchev–Trinajstić information content (AvgIpc) is 2.32. The van der Waals surface area contributed by atoms with E-state index in [-0.39, 0.29) is 0 Å². The Morgan fingerprint density at radius 2 is 1.89 bits per heavy atom. The maximum Gasteiger partial charge on any atom is 0.129 e. The Hall–Kier alpha value is -1.12. The maximum atomic E-state index is 6.01. The summed E-state index contributed by atoms with van der Waals surface area (Å²) in [7, 11) is 0. The first-order chi connectivity index (χ1) is 8.56. The van der Waals surface area contributed by atoms with Crippen molar-refractivity contribution in [2.45, 2.75) is 20.3 Å². The highest BCUT2D eigenvalue weighted by atomic mass is 35.5. The van der Waals surface area contributed by atoms with Gasteiger partial charge in [0.2, 0.25) is 0 Å². The number of benzene rings is 1. The van der Waals surface area contributed by atoms with Gasteiger partial charge in [-0.2, -0.15) is 0 Å². The third-order valence-electron chi connectivity index (χ3n) is 2.51. The summed E-state index contributed by atoms with van der Waals surface area (Å²) in [4.78, 5) is 8.82. The fourth-order valence-electron chi connectivity index (χ4n) is 1.68. The fourth-order valence-corrected chi connectivity index (χ4v) is 1.98. The lowest BCUT2D eigenvalue weighted by atomic mass is 10.1. The molecule has 0 bridgehead atoms. The Bertz CT molecular complexity index is 553. The van der Waals surface area contributed by atoms with Gasteiger partial charge in [-0.05, 0) is 24.1 Å². The van der Waals surface area contributed by atoms with E-state index >= 15 is 0 Å². The fraction of sp³-hybridized carbons (Fsp3) is 0.286. The summed E-state index contributed by atoms with van der Waals surface area (Å²) in [5, 5.41) is 1.09. The van der Waals surface area contributed by atoms with Gasteiger partial charge in [0.05, 0.1) is 15.7 Å². The van der Waals surface area contributed by atoms with Crippen LogP contribution < -0.4 is 0 Å². The third kappa shape index (κ3) is 3.21. The summed E-state index contributed by atoms with van der Waals surface area (Å²) in [6.07, 6.45) is 2.65. The first-order valence-electron chi connectivity index (χ1n) is 5.83. The van der Waals surface area contributed by atoms with Crippen molar-refractivity contribution in [1.29, 1.82) is 0 Å². The van der Waals surface area contributed by atoms with Gasteiger partial charge in [0.1, 0.15) is 5.82 Å². The average molecular weight is 281 g/mol. The minimum Gasteiger partial charge on any atom is -0.241 e. The lowest BCUT2D eigenvalue weighted by Crippen LogP contribution is -2.01. The summed E-state index contributed by atoms with van der Waals surface area (Å²) >= 11 is 11.9. The molecular formula is C14H14Cl2N2. The van der Waals surface area contributed by atoms with Gasteiger partial charge in [-0.1, -0.05) is 43.1 Å². The molecule has 0 unspecified atom stereocenters. The molecule has 0 aliphatic rings. The van der Waals surface area contributed by atoms with Crippen LogP contribution >= 0.6 is 23.2 Å². The highest BCUT2D eigenvalue weighted by molar-refractivity contribution is 6.42. The van der Waals surface area contributed by atoms with Crippen LogP contribution in [0.1, 0.15) is 19.7 Å². The molecule has 0 atom stereocenters. The molecule has 0 fully saturated rings. The number of hydrogen-bond acceptors (Lipinski definition) is 2. The van der Waals surface area contributed by atoms with Crippen LogP contribution in [-0.2, 0) is 6.42 Å². The largest absolute Gasteiger partial charge is 0.241 e. The monoisotopic (exact) mass is 280 g/mol. The molecule has 1 aromatic heterocycles. The van der Waals surface area contributed by atoms with E-state index < -0.39 is 0 Å². The van der Waals surface area contributed by atoms with E-state index in [0.717, 1.165) is 23.5 Å². The zero-order valence-corrected chi connectivity index (χ0v) is 11.8. The summed E-state index contributed by atoms with van der Waals surface area (Å²) in [6.45, 7) is 4.30. The van der Waals surface area contributed by atoms with Gasteiger partial charge in [0.25, 0.3) is 0 Å². The van der Waals surface area contributed by atoms with Crippen molar-refractivity contribution in [3.63, 3.8) is 0 Å². The normalized spacial score (nSPS) is 10.9. The molecule has 1 aromatic carbocycles. The lowest BCUT2D eigenvalue weighted by molar-refractivity contribution is 0.621. The molecule has 0 N–H and O–H groups in total. The van der Waals surface area contributed by atoms with E-state index in [1.807, 2.05) is 18.2 Å². The second kappa shape index (κ2) is 5.68. The zero-order valence-electron chi connectivity index (χ0n) is 10.3. The molecule has 1 heterocycles. The number of rotatable bonds is 3. The minimum absolute atomic E-state index is 0.536. The van der Waals surface area contributed by atoms with E-state index in [4.69, 9.17) is 23.2 Å². The Morgan fingerprint density at radius 1 is 1.11 bits per heavy atom. The van der Waals surface area contributed by atoms with Crippen LogP contribution in [0.3, 0.4) is 0 Å². The third-order valence-corrected chi connectivity index (χ3v) is 3.25. The second-order valence-electron chi connectivity index (χ2n) is 4.58. The van der Waals surface area contributed by atoms with Crippen LogP contribution in [0.25, 0.3) is 11.3 Å². The SMILES string of the molecule is CC(C)Cc1nccc(-c2ccc(Cl)c(Cl)c2)n1. The van der Waals surface area contributed by atoms with Gasteiger partial charge in [-0.15, -0.1) is 0 Å². The Balaban J connectivity index is 2.35. The van der Waals surface area contributed by atoms with E-state index in [2.05, 4.69) is 23.8 Å². The van der Waals surface area contributed by atoms with Crippen LogP contribution in [-0.4, -0.2) is 9.97 Å². The molecule has 0 amide bonds. The van der Waals surface area contributed by atoms with Crippen molar-refractivity contribution in [2.24, 2.45) is 5.92 Å². The van der Waals surface area contributed by atoms with Crippen molar-refractivity contribution in [1.82, 2.24) is 9.97 Å². The van der Waals surface area contributed by atoms with Gasteiger partial charge >= 0.3 is 0 Å². The smallest absolute Gasteiger partial charge is 0.129 e. The molecule has 2 nitrogen and oxygen atoms in total. The van der Waals surface area contributed by atoms with Crippen molar-refractivity contribution in [2.75, 3.05) is 0 Å². The molecule has 94 valence electrons. The number of hydrogen-bond donors (Lipinski definition) is 0. The predicted molar refractivity (Wildman–Crippen MR) is 76.0 cm³/mol. The van der Waals surface area contributed by atoms with Crippen LogP contribution in [0.2, 0.25) is 10.0 Å². The topological polar surface area (TPSA) is 25.8 Å². The van der Waals surface area contributed by atoms with E-state index in [1.165, 1.54) is 0 Å². The van der Waals surface area contributed by atoms with Gasteiger partial charge < -0.3 is 0 Å². The van der Waals surface area contributed by atoms with Crippen LogP contribution in [0.4, 0.5) is 0 Å². The highest BCUT2D eigenvalue weighted by Gasteiger charge is 2.06. The van der Waals surface area contributed by atoms with E-state index in [9.17, 15) is 0 Å². The van der Waals surface area contributed by atoms with E-state index in [0.29, 0.717) is 16.0 Å². The molecule has 0 radical (unpaired) electrons. The Morgan fingerprint density at radius 3 is 2.56 bits per heavy atom. The summed E-state index contributed by atoms with van der Waals surface area (Å²) < 4.78 is 0. The quantitative estimate of drug-likeness (QED) is 0.818. The molecule has 0 aliphatic heterocycles. The first-order valence-corrected chi connectivity index (χ1v) is 6.59. The molecule has 0 spiro atoms. The molecule has 0 aliphatic carbocycles. The Kier molecular flexibility index (Phi) is 4.20. The van der Waals surface area contributed by atoms with Gasteiger partial charge in [0.15, 0.2) is 0 Å². The van der Waals surface area contributed by atoms with Crippen molar-refractivity contribution < 1.29 is 0 Å². The Labute approximate surface area is 117 Å². The van der Waals surface area contributed by atoms with Crippen LogP contribution in [0.15, 0.2) is 30.5 Å². The first kappa shape index (κ1) is 13.3. The summed E-state index contributed by atoms with van der Waals surface area (Å²) in [5.41, 5.74) is 1.83. The zero-order chi connectivity index (χ0) is 13.1. The standard InChI is InChI=1S/C14H14Cl2N2/c1-9(2)7-14-17-6-5-13(18-14)10-3-4-11(15)12(16)8-10/h3-6,8-9H,7H2,1-2H3. The number of aromatic nitrogens is 2. The molecule has 0 saturated carbocycles. The van der Waals surface area contributed by atoms with Crippen LogP contribution in [0.5, 0.6) is 0 Å².